The van der Waals surface area contributed by atoms with Gasteiger partial charge in [0.2, 0.25) is 11.8 Å². The zero-order valence-corrected chi connectivity index (χ0v) is 20.1. The molecule has 0 saturated carbocycles. The van der Waals surface area contributed by atoms with Crippen LogP contribution >= 0.6 is 11.3 Å². The molecule has 3 aromatic rings. The Hall–Kier alpha value is -3.04. The maximum Gasteiger partial charge on any atom is 0.246 e. The van der Waals surface area contributed by atoms with Crippen LogP contribution in [0.4, 0.5) is 4.39 Å². The first-order valence-corrected chi connectivity index (χ1v) is 12.1. The Bertz CT molecular complexity index is 1130. The number of amides is 2. The average molecular weight is 486 g/mol. The van der Waals surface area contributed by atoms with E-state index in [0.29, 0.717) is 5.76 Å². The van der Waals surface area contributed by atoms with Gasteiger partial charge in [0.05, 0.1) is 12.7 Å². The molecule has 4 rings (SSSR count). The Morgan fingerprint density at radius 3 is 2.59 bits per heavy atom. The number of thiophene rings is 1. The fraction of sp³-hybridized carbons (Fsp3) is 0.400. The molecule has 3 heterocycles. The summed E-state index contributed by atoms with van der Waals surface area (Å²) in [6, 6.07) is 10.0. The topological polar surface area (TPSA) is 95.7 Å². The van der Waals surface area contributed by atoms with E-state index in [1.807, 2.05) is 43.5 Å². The smallest absolute Gasteiger partial charge is 0.246 e. The van der Waals surface area contributed by atoms with E-state index in [4.69, 9.17) is 4.52 Å². The summed E-state index contributed by atoms with van der Waals surface area (Å²) in [4.78, 5) is 28.6. The van der Waals surface area contributed by atoms with Gasteiger partial charge in [-0.15, -0.1) is 11.3 Å². The molecule has 34 heavy (non-hydrogen) atoms. The van der Waals surface area contributed by atoms with E-state index in [1.54, 1.807) is 17.4 Å². The second kappa shape index (κ2) is 10.1. The number of likely N-dealkylation sites (tertiary alicyclic amines) is 1. The number of β-amino-alcohol motifs (C(OH)–C–C–N with tert-alkyl or cyclic N) is 1. The van der Waals surface area contributed by atoms with Gasteiger partial charge in [-0.05, 0) is 41.0 Å². The number of halogens is 1. The van der Waals surface area contributed by atoms with Crippen LogP contribution in [0.1, 0.15) is 36.7 Å². The van der Waals surface area contributed by atoms with Crippen molar-refractivity contribution in [3.05, 3.63) is 64.9 Å². The van der Waals surface area contributed by atoms with E-state index < -0.39 is 36.0 Å². The van der Waals surface area contributed by atoms with Crippen molar-refractivity contribution < 1.29 is 23.6 Å². The standard InChI is InChI=1S/C25H28FN3O4S/c1-14(2)20(19-8-10-28-33-19)25(32)29-13-18(30)21(26)22(29)24(31)27-12-16-4-6-17(7-5-16)23-15(3)9-11-34-23/h4-11,14,18,20-22,30H,12-13H2,1-3H3,(H,27,31)/t18-,20+,21-,22-/m0/s1. The number of aromatic nitrogens is 1. The molecule has 2 aromatic heterocycles. The SMILES string of the molecule is Cc1ccsc1-c1ccc(CNC(=O)[C@@H]2[C@@H](F)[C@@H](O)CN2C(=O)[C@@H](c2ccno2)C(C)C)cc1. The van der Waals surface area contributed by atoms with Gasteiger partial charge in [-0.25, -0.2) is 4.39 Å². The van der Waals surface area contributed by atoms with Crippen LogP contribution < -0.4 is 5.32 Å². The van der Waals surface area contributed by atoms with Gasteiger partial charge in [-0.1, -0.05) is 43.3 Å². The van der Waals surface area contributed by atoms with Crippen LogP contribution in [0, 0.1) is 12.8 Å². The van der Waals surface area contributed by atoms with E-state index in [1.165, 1.54) is 16.6 Å². The van der Waals surface area contributed by atoms with Crippen LogP contribution in [0.3, 0.4) is 0 Å². The number of hydrogen-bond acceptors (Lipinski definition) is 6. The molecular weight excluding hydrogens is 457 g/mol. The van der Waals surface area contributed by atoms with Gasteiger partial charge in [0, 0.05) is 17.5 Å². The highest BCUT2D eigenvalue weighted by Crippen LogP contribution is 2.32. The van der Waals surface area contributed by atoms with Gasteiger partial charge >= 0.3 is 0 Å². The molecule has 4 atom stereocenters. The van der Waals surface area contributed by atoms with Crippen molar-refractivity contribution in [2.75, 3.05) is 6.54 Å². The molecule has 7 nitrogen and oxygen atoms in total. The first-order valence-electron chi connectivity index (χ1n) is 11.2. The van der Waals surface area contributed by atoms with Crippen molar-refractivity contribution in [3.63, 3.8) is 0 Å². The number of nitrogens with one attached hydrogen (secondary N) is 1. The summed E-state index contributed by atoms with van der Waals surface area (Å²) in [5.41, 5.74) is 3.14. The number of carbonyl (C=O) groups excluding carboxylic acids is 2. The maximum atomic E-state index is 14.9. The minimum atomic E-state index is -1.88. The predicted octanol–water partition coefficient (Wildman–Crippen LogP) is 3.68. The molecule has 0 unspecified atom stereocenters. The fourth-order valence-electron chi connectivity index (χ4n) is 4.35. The summed E-state index contributed by atoms with van der Waals surface area (Å²) in [5.74, 6) is -1.68. The molecule has 2 N–H and O–H groups in total. The number of aliphatic hydroxyl groups excluding tert-OH is 1. The third-order valence-corrected chi connectivity index (χ3v) is 7.25. The minimum Gasteiger partial charge on any atom is -0.388 e. The van der Waals surface area contributed by atoms with Crippen molar-refractivity contribution in [1.82, 2.24) is 15.4 Å². The molecule has 0 radical (unpaired) electrons. The number of alkyl halides is 1. The van der Waals surface area contributed by atoms with Crippen LogP contribution in [0.25, 0.3) is 10.4 Å². The second-order valence-electron chi connectivity index (χ2n) is 8.93. The van der Waals surface area contributed by atoms with Gasteiger partial charge in [-0.2, -0.15) is 0 Å². The van der Waals surface area contributed by atoms with E-state index in [0.717, 1.165) is 16.0 Å². The van der Waals surface area contributed by atoms with Gasteiger partial charge in [0.1, 0.15) is 23.8 Å². The highest BCUT2D eigenvalue weighted by molar-refractivity contribution is 7.13. The summed E-state index contributed by atoms with van der Waals surface area (Å²) in [6.07, 6.45) is -1.88. The van der Waals surface area contributed by atoms with Crippen molar-refractivity contribution in [2.24, 2.45) is 5.92 Å². The molecular formula is C25H28FN3O4S. The zero-order valence-electron chi connectivity index (χ0n) is 19.3. The molecule has 1 aliphatic heterocycles. The number of aliphatic hydroxyl groups is 1. The summed E-state index contributed by atoms with van der Waals surface area (Å²) < 4.78 is 20.1. The van der Waals surface area contributed by atoms with Crippen LogP contribution in [-0.2, 0) is 16.1 Å². The molecule has 1 saturated heterocycles. The lowest BCUT2D eigenvalue weighted by Gasteiger charge is -2.29. The molecule has 1 aromatic carbocycles. The normalized spacial score (nSPS) is 21.1. The second-order valence-corrected chi connectivity index (χ2v) is 9.85. The zero-order chi connectivity index (χ0) is 24.4. The highest BCUT2D eigenvalue weighted by Gasteiger charge is 2.49. The van der Waals surface area contributed by atoms with Crippen molar-refractivity contribution in [3.8, 4) is 10.4 Å². The summed E-state index contributed by atoms with van der Waals surface area (Å²) in [6.45, 7) is 5.65. The first kappa shape index (κ1) is 24.1. The van der Waals surface area contributed by atoms with E-state index in [2.05, 4.69) is 23.5 Å². The number of nitrogens with zero attached hydrogens (tertiary/aromatic N) is 2. The summed E-state index contributed by atoms with van der Waals surface area (Å²) >= 11 is 1.67. The Kier molecular flexibility index (Phi) is 7.13. The van der Waals surface area contributed by atoms with Gasteiger partial charge in [-0.3, -0.25) is 9.59 Å². The largest absolute Gasteiger partial charge is 0.388 e. The Morgan fingerprint density at radius 1 is 1.26 bits per heavy atom. The number of carbonyl (C=O) groups is 2. The molecule has 1 aliphatic rings. The molecule has 2 amide bonds. The highest BCUT2D eigenvalue weighted by atomic mass is 32.1. The average Bonchev–Trinajstić information content (AvgIpc) is 3.54. The maximum absolute atomic E-state index is 14.9. The van der Waals surface area contributed by atoms with Crippen LogP contribution in [0.5, 0.6) is 0 Å². The van der Waals surface area contributed by atoms with Crippen molar-refractivity contribution in [1.29, 1.82) is 0 Å². The third-order valence-electron chi connectivity index (χ3n) is 6.18. The Labute approximate surface area is 201 Å². The van der Waals surface area contributed by atoms with E-state index in [-0.39, 0.29) is 19.0 Å². The molecule has 0 bridgehead atoms. The lowest BCUT2D eigenvalue weighted by molar-refractivity contribution is -0.142. The Morgan fingerprint density at radius 2 is 2.00 bits per heavy atom. The molecule has 1 fully saturated rings. The summed E-state index contributed by atoms with van der Waals surface area (Å²) in [5, 5.41) is 18.6. The molecule has 180 valence electrons. The molecule has 0 aliphatic carbocycles. The van der Waals surface area contributed by atoms with Crippen LogP contribution in [0.2, 0.25) is 0 Å². The van der Waals surface area contributed by atoms with Gasteiger partial charge < -0.3 is 19.8 Å². The number of hydrogen-bond donors (Lipinski definition) is 2. The lowest BCUT2D eigenvalue weighted by atomic mass is 9.91. The predicted molar refractivity (Wildman–Crippen MR) is 127 cm³/mol. The quantitative estimate of drug-likeness (QED) is 0.532. The number of rotatable bonds is 7. The van der Waals surface area contributed by atoms with Crippen molar-refractivity contribution >= 4 is 23.2 Å². The van der Waals surface area contributed by atoms with E-state index >= 15 is 0 Å². The number of aryl methyl sites for hydroxylation is 1. The van der Waals surface area contributed by atoms with Crippen molar-refractivity contribution in [2.45, 2.75) is 51.6 Å². The van der Waals surface area contributed by atoms with Crippen LogP contribution in [0.15, 0.2) is 52.5 Å². The van der Waals surface area contributed by atoms with Gasteiger partial charge in [0.25, 0.3) is 0 Å². The van der Waals surface area contributed by atoms with Crippen LogP contribution in [-0.4, -0.2) is 51.8 Å². The number of benzene rings is 1. The fourth-order valence-corrected chi connectivity index (χ4v) is 5.28. The minimum absolute atomic E-state index is 0.175. The first-order chi connectivity index (χ1) is 16.3. The summed E-state index contributed by atoms with van der Waals surface area (Å²) in [7, 11) is 0. The Balaban J connectivity index is 1.46. The monoisotopic (exact) mass is 485 g/mol. The molecule has 0 spiro atoms. The lowest BCUT2D eigenvalue weighted by Crippen LogP contribution is -2.50. The van der Waals surface area contributed by atoms with Gasteiger partial charge in [0.15, 0.2) is 6.17 Å². The third kappa shape index (κ3) is 4.76. The van der Waals surface area contributed by atoms with E-state index in [9.17, 15) is 19.1 Å². The molecule has 9 heteroatoms.